The molecule has 6 nitrogen and oxygen atoms in total. The summed E-state index contributed by atoms with van der Waals surface area (Å²) < 4.78 is 41.1. The Labute approximate surface area is 171 Å². The summed E-state index contributed by atoms with van der Waals surface area (Å²) >= 11 is 1.19. The fraction of sp³-hybridized carbons (Fsp3) is 0.250. The third-order valence-electron chi connectivity index (χ3n) is 4.86. The molecule has 1 aliphatic heterocycles. The van der Waals surface area contributed by atoms with Gasteiger partial charge >= 0.3 is 0 Å². The van der Waals surface area contributed by atoms with Gasteiger partial charge in [0.25, 0.3) is 10.0 Å². The highest BCUT2D eigenvalue weighted by Crippen LogP contribution is 2.34. The van der Waals surface area contributed by atoms with Crippen LogP contribution >= 0.6 is 11.3 Å². The lowest BCUT2D eigenvalue weighted by molar-refractivity contribution is -0.0425. The van der Waals surface area contributed by atoms with Crippen molar-refractivity contribution in [2.45, 2.75) is 30.6 Å². The van der Waals surface area contributed by atoms with Gasteiger partial charge in [0.15, 0.2) is 11.3 Å². The molecule has 2 heterocycles. The van der Waals surface area contributed by atoms with E-state index in [-0.39, 0.29) is 10.8 Å². The Bertz CT molecular complexity index is 1130. The van der Waals surface area contributed by atoms with Crippen molar-refractivity contribution in [2.24, 2.45) is 0 Å². The lowest BCUT2D eigenvalue weighted by Crippen LogP contribution is -2.32. The Morgan fingerprint density at radius 2 is 1.86 bits per heavy atom. The summed E-state index contributed by atoms with van der Waals surface area (Å²) in [7, 11) is -3.89. The molecule has 0 radical (unpaired) electrons. The van der Waals surface area contributed by atoms with E-state index < -0.39 is 16.3 Å². The first-order valence-corrected chi connectivity index (χ1v) is 11.4. The van der Waals surface area contributed by atoms with Gasteiger partial charge in [-0.2, -0.15) is 8.42 Å². The summed E-state index contributed by atoms with van der Waals surface area (Å²) in [5.41, 5.74) is 2.26. The minimum atomic E-state index is -3.89. The van der Waals surface area contributed by atoms with Crippen LogP contribution < -0.4 is 4.31 Å². The summed E-state index contributed by atoms with van der Waals surface area (Å²) in [6.45, 7) is 0.319. The zero-order chi connectivity index (χ0) is 20.6. The van der Waals surface area contributed by atoms with E-state index in [1.165, 1.54) is 39.2 Å². The van der Waals surface area contributed by atoms with Gasteiger partial charge in [-0.1, -0.05) is 6.07 Å². The molecule has 0 saturated carbocycles. The van der Waals surface area contributed by atoms with Gasteiger partial charge < -0.3 is 10.2 Å². The number of aryl methyl sites for hydroxylation is 1. The quantitative estimate of drug-likeness (QED) is 0.614. The van der Waals surface area contributed by atoms with Crippen molar-refractivity contribution < 1.29 is 23.0 Å². The lowest BCUT2D eigenvalue weighted by Gasteiger charge is -2.24. The third kappa shape index (κ3) is 3.91. The topological polar surface area (TPSA) is 90.7 Å². The summed E-state index contributed by atoms with van der Waals surface area (Å²) in [6, 6.07) is 10.5. The van der Waals surface area contributed by atoms with E-state index in [1.54, 1.807) is 24.3 Å². The van der Waals surface area contributed by atoms with E-state index in [0.29, 0.717) is 41.2 Å². The van der Waals surface area contributed by atoms with Gasteiger partial charge in [0.2, 0.25) is 0 Å². The van der Waals surface area contributed by atoms with E-state index in [9.17, 15) is 23.0 Å². The van der Waals surface area contributed by atoms with Crippen molar-refractivity contribution in [3.63, 3.8) is 0 Å². The number of anilines is 1. The van der Waals surface area contributed by atoms with Crippen LogP contribution in [0.4, 0.5) is 10.1 Å². The van der Waals surface area contributed by atoms with Crippen molar-refractivity contribution in [2.75, 3.05) is 10.8 Å². The number of thiazole rings is 1. The molecule has 29 heavy (non-hydrogen) atoms. The van der Waals surface area contributed by atoms with Crippen LogP contribution in [0.3, 0.4) is 0 Å². The second-order valence-corrected chi connectivity index (χ2v) is 9.46. The molecule has 0 bridgehead atoms. The van der Waals surface area contributed by atoms with Crippen LogP contribution in [0.25, 0.3) is 10.6 Å². The Morgan fingerprint density at radius 3 is 2.59 bits per heavy atom. The highest BCUT2D eigenvalue weighted by Gasteiger charge is 2.30. The van der Waals surface area contributed by atoms with Gasteiger partial charge in [0.1, 0.15) is 10.8 Å². The maximum atomic E-state index is 13.3. The standard InChI is InChI=1S/C20H19FN2O4S2/c21-16-7-4-13(5-8-16)19-22-18(12-28-19)29(26,27)23-10-2-1-3-14-11-15(20(24)25)6-9-17(14)23/h4-9,11-12,20,24-25H,1-3,10H2. The minimum Gasteiger partial charge on any atom is -0.364 e. The number of hydrogen-bond donors (Lipinski definition) is 2. The number of hydrogen-bond acceptors (Lipinski definition) is 6. The Balaban J connectivity index is 1.72. The Kier molecular flexibility index (Phi) is 5.39. The van der Waals surface area contributed by atoms with Crippen molar-refractivity contribution in [3.05, 3.63) is 64.8 Å². The van der Waals surface area contributed by atoms with Crippen LogP contribution in [-0.2, 0) is 16.4 Å². The molecule has 0 atom stereocenters. The van der Waals surface area contributed by atoms with Crippen LogP contribution in [-0.4, -0.2) is 30.2 Å². The molecule has 0 aliphatic carbocycles. The molecule has 0 amide bonds. The molecule has 152 valence electrons. The van der Waals surface area contributed by atoms with E-state index in [1.807, 2.05) is 0 Å². The SMILES string of the molecule is O=S(=O)(c1csc(-c2ccc(F)cc2)n1)N1CCCCc2cc(C(O)O)ccc21. The van der Waals surface area contributed by atoms with Gasteiger partial charge in [-0.25, -0.2) is 9.37 Å². The monoisotopic (exact) mass is 434 g/mol. The fourth-order valence-corrected chi connectivity index (χ4v) is 5.98. The molecule has 0 spiro atoms. The summed E-state index contributed by atoms with van der Waals surface area (Å²) in [5.74, 6) is -0.369. The smallest absolute Gasteiger partial charge is 0.282 e. The number of benzene rings is 2. The highest BCUT2D eigenvalue weighted by molar-refractivity contribution is 7.92. The van der Waals surface area contributed by atoms with Crippen LogP contribution in [0.15, 0.2) is 52.9 Å². The molecule has 0 saturated heterocycles. The predicted octanol–water partition coefficient (Wildman–Crippen LogP) is 3.46. The van der Waals surface area contributed by atoms with E-state index in [2.05, 4.69) is 4.98 Å². The van der Waals surface area contributed by atoms with E-state index in [0.717, 1.165) is 12.0 Å². The number of nitrogens with zero attached hydrogens (tertiary/aromatic N) is 2. The average molecular weight is 435 g/mol. The second kappa shape index (κ2) is 7.83. The molecular formula is C20H19FN2O4S2. The van der Waals surface area contributed by atoms with Crippen LogP contribution in [0.1, 0.15) is 30.3 Å². The number of halogens is 1. The molecule has 2 N–H and O–H groups in total. The zero-order valence-electron chi connectivity index (χ0n) is 15.3. The summed E-state index contributed by atoms with van der Waals surface area (Å²) in [5, 5.41) is 20.8. The first-order chi connectivity index (χ1) is 13.9. The van der Waals surface area contributed by atoms with Gasteiger partial charge in [-0.05, 0) is 61.2 Å². The number of rotatable bonds is 4. The van der Waals surface area contributed by atoms with Gasteiger partial charge in [-0.15, -0.1) is 11.3 Å². The average Bonchev–Trinajstić information content (AvgIpc) is 3.10. The molecule has 2 aromatic carbocycles. The molecular weight excluding hydrogens is 415 g/mol. The summed E-state index contributed by atoms with van der Waals surface area (Å²) in [4.78, 5) is 4.29. The van der Waals surface area contributed by atoms with Crippen molar-refractivity contribution >= 4 is 27.0 Å². The van der Waals surface area contributed by atoms with E-state index >= 15 is 0 Å². The molecule has 1 aliphatic rings. The summed E-state index contributed by atoms with van der Waals surface area (Å²) in [6.07, 6.45) is 0.520. The molecule has 4 rings (SSSR count). The Morgan fingerprint density at radius 1 is 1.10 bits per heavy atom. The van der Waals surface area contributed by atoms with Crippen molar-refractivity contribution in [3.8, 4) is 10.6 Å². The van der Waals surface area contributed by atoms with Crippen LogP contribution in [0.2, 0.25) is 0 Å². The second-order valence-electron chi connectivity index (χ2n) is 6.79. The van der Waals surface area contributed by atoms with Gasteiger partial charge in [0, 0.05) is 23.1 Å². The van der Waals surface area contributed by atoms with Crippen molar-refractivity contribution in [1.29, 1.82) is 0 Å². The molecule has 1 aromatic heterocycles. The fourth-order valence-electron chi connectivity index (χ4n) is 3.37. The van der Waals surface area contributed by atoms with Crippen LogP contribution in [0, 0.1) is 5.82 Å². The number of aromatic nitrogens is 1. The molecule has 9 heteroatoms. The minimum absolute atomic E-state index is 0.0547. The molecule has 3 aromatic rings. The normalized spacial score (nSPS) is 14.7. The maximum Gasteiger partial charge on any atom is 0.282 e. The lowest BCUT2D eigenvalue weighted by atomic mass is 10.0. The highest BCUT2D eigenvalue weighted by atomic mass is 32.2. The van der Waals surface area contributed by atoms with Gasteiger partial charge in [0.05, 0.1) is 5.69 Å². The first-order valence-electron chi connectivity index (χ1n) is 9.09. The largest absolute Gasteiger partial charge is 0.364 e. The number of aliphatic hydroxyl groups excluding tert-OH is 1. The number of sulfonamides is 1. The zero-order valence-corrected chi connectivity index (χ0v) is 17.0. The van der Waals surface area contributed by atoms with Crippen LogP contribution in [0.5, 0.6) is 0 Å². The van der Waals surface area contributed by atoms with Crippen molar-refractivity contribution in [1.82, 2.24) is 4.98 Å². The number of aliphatic hydroxyl groups is 2. The third-order valence-corrected chi connectivity index (χ3v) is 7.59. The predicted molar refractivity (Wildman–Crippen MR) is 109 cm³/mol. The maximum absolute atomic E-state index is 13.3. The first kappa shape index (κ1) is 20.0. The number of fused-ring (bicyclic) bond motifs is 1. The molecule has 0 unspecified atom stereocenters. The van der Waals surface area contributed by atoms with Gasteiger partial charge in [-0.3, -0.25) is 4.31 Å². The Hall–Kier alpha value is -2.33. The van der Waals surface area contributed by atoms with E-state index in [4.69, 9.17) is 0 Å². The molecule has 0 fully saturated rings.